The van der Waals surface area contributed by atoms with Gasteiger partial charge in [-0.15, -0.1) is 11.3 Å². The van der Waals surface area contributed by atoms with Crippen molar-refractivity contribution in [1.82, 2.24) is 0 Å². The van der Waals surface area contributed by atoms with Crippen molar-refractivity contribution in [1.29, 1.82) is 0 Å². The second kappa shape index (κ2) is 11.7. The first-order valence-corrected chi connectivity index (χ1v) is 11.9. The maximum atomic E-state index is 12.6. The molecule has 2 aromatic rings. The number of thiophene rings is 1. The largest absolute Gasteiger partial charge is 0.493 e. The van der Waals surface area contributed by atoms with Crippen LogP contribution in [0.2, 0.25) is 0 Å². The van der Waals surface area contributed by atoms with E-state index in [1.54, 1.807) is 31.2 Å². The smallest absolute Gasteiger partial charge is 0.341 e. The van der Waals surface area contributed by atoms with Crippen molar-refractivity contribution in [2.45, 2.75) is 33.1 Å². The van der Waals surface area contributed by atoms with E-state index in [2.05, 4.69) is 12.2 Å². The zero-order valence-electron chi connectivity index (χ0n) is 19.8. The molecule has 3 rings (SSSR count). The first-order valence-electron chi connectivity index (χ1n) is 11.0. The van der Waals surface area contributed by atoms with Gasteiger partial charge in [0.1, 0.15) is 5.00 Å². The molecule has 8 nitrogen and oxygen atoms in total. The molecule has 34 heavy (non-hydrogen) atoms. The molecule has 9 heteroatoms. The average molecular weight is 488 g/mol. The highest BCUT2D eigenvalue weighted by Gasteiger charge is 2.29. The summed E-state index contributed by atoms with van der Waals surface area (Å²) >= 11 is 1.39. The molecule has 0 aliphatic heterocycles. The zero-order chi connectivity index (χ0) is 24.7. The van der Waals surface area contributed by atoms with Crippen LogP contribution in [0.4, 0.5) is 5.00 Å². The Labute approximate surface area is 202 Å². The molecule has 0 radical (unpaired) electrons. The van der Waals surface area contributed by atoms with Gasteiger partial charge in [-0.25, -0.2) is 9.59 Å². The van der Waals surface area contributed by atoms with Gasteiger partial charge in [-0.05, 0) is 61.4 Å². The van der Waals surface area contributed by atoms with E-state index < -0.39 is 24.5 Å². The summed E-state index contributed by atoms with van der Waals surface area (Å²) in [7, 11) is 3.06. The van der Waals surface area contributed by atoms with Gasteiger partial charge >= 0.3 is 11.9 Å². The molecule has 0 saturated carbocycles. The van der Waals surface area contributed by atoms with Crippen molar-refractivity contribution in [2.75, 3.05) is 32.8 Å². The lowest BCUT2D eigenvalue weighted by molar-refractivity contribution is -0.142. The van der Waals surface area contributed by atoms with Gasteiger partial charge in [-0.2, -0.15) is 0 Å². The number of carbonyl (C=O) groups excluding carboxylic acids is 3. The van der Waals surface area contributed by atoms with Crippen molar-refractivity contribution in [3.63, 3.8) is 0 Å². The first-order chi connectivity index (χ1) is 16.4. The molecule has 1 aromatic heterocycles. The maximum Gasteiger partial charge on any atom is 0.341 e. The molecule has 1 aliphatic carbocycles. The van der Waals surface area contributed by atoms with E-state index in [9.17, 15) is 14.4 Å². The highest BCUT2D eigenvalue weighted by Crippen LogP contribution is 2.40. The lowest BCUT2D eigenvalue weighted by Gasteiger charge is -2.18. The van der Waals surface area contributed by atoms with Crippen LogP contribution in [-0.2, 0) is 31.9 Å². The van der Waals surface area contributed by atoms with Crippen LogP contribution in [0, 0.1) is 5.92 Å². The number of ether oxygens (including phenoxy) is 4. The van der Waals surface area contributed by atoms with Gasteiger partial charge in [0.05, 0.1) is 26.4 Å². The van der Waals surface area contributed by atoms with Gasteiger partial charge in [0.25, 0.3) is 5.91 Å². The van der Waals surface area contributed by atoms with Gasteiger partial charge in [0.15, 0.2) is 18.1 Å². The normalized spacial score (nSPS) is 14.9. The highest BCUT2D eigenvalue weighted by molar-refractivity contribution is 7.17. The number of nitrogens with one attached hydrogen (secondary N) is 1. The number of esters is 2. The van der Waals surface area contributed by atoms with Crippen LogP contribution in [0.5, 0.6) is 11.5 Å². The fourth-order valence-electron chi connectivity index (χ4n) is 3.73. The second-order valence-corrected chi connectivity index (χ2v) is 8.99. The minimum absolute atomic E-state index is 0.247. The Morgan fingerprint density at radius 3 is 2.62 bits per heavy atom. The van der Waals surface area contributed by atoms with Crippen molar-refractivity contribution in [3.05, 3.63) is 45.8 Å². The van der Waals surface area contributed by atoms with Crippen LogP contribution in [0.15, 0.2) is 24.3 Å². The van der Waals surface area contributed by atoms with Gasteiger partial charge in [-0.1, -0.05) is 13.0 Å². The van der Waals surface area contributed by atoms with Crippen molar-refractivity contribution in [2.24, 2.45) is 5.92 Å². The third-order valence-electron chi connectivity index (χ3n) is 5.41. The van der Waals surface area contributed by atoms with E-state index in [0.29, 0.717) is 33.5 Å². The predicted octanol–water partition coefficient (Wildman–Crippen LogP) is 4.26. The van der Waals surface area contributed by atoms with Crippen LogP contribution < -0.4 is 14.8 Å². The molecule has 0 bridgehead atoms. The highest BCUT2D eigenvalue weighted by atomic mass is 32.1. The number of anilines is 1. The van der Waals surface area contributed by atoms with Crippen LogP contribution in [-0.4, -0.2) is 45.3 Å². The number of amides is 1. The first kappa shape index (κ1) is 25.3. The fraction of sp³-hybridized carbons (Fsp3) is 0.400. The molecule has 1 unspecified atom stereocenters. The summed E-state index contributed by atoms with van der Waals surface area (Å²) in [5, 5.41) is 3.17. The Bertz CT molecular complexity index is 1090. The zero-order valence-corrected chi connectivity index (χ0v) is 20.6. The van der Waals surface area contributed by atoms with Crippen molar-refractivity contribution < 1.29 is 33.3 Å². The molecule has 1 amide bonds. The van der Waals surface area contributed by atoms with E-state index in [4.69, 9.17) is 18.9 Å². The second-order valence-electron chi connectivity index (χ2n) is 7.88. The molecule has 182 valence electrons. The number of fused-ring (bicyclic) bond motifs is 1. The Hall–Kier alpha value is -3.33. The molecule has 0 saturated heterocycles. The number of hydrogen-bond donors (Lipinski definition) is 1. The third-order valence-corrected chi connectivity index (χ3v) is 6.58. The summed E-state index contributed by atoms with van der Waals surface area (Å²) in [6.07, 6.45) is 5.39. The maximum absolute atomic E-state index is 12.6. The lowest BCUT2D eigenvalue weighted by Crippen LogP contribution is -2.21. The Balaban J connectivity index is 1.62. The van der Waals surface area contributed by atoms with Gasteiger partial charge < -0.3 is 24.3 Å². The molecule has 1 aliphatic rings. The van der Waals surface area contributed by atoms with Gasteiger partial charge in [0, 0.05) is 11.0 Å². The van der Waals surface area contributed by atoms with Gasteiger partial charge in [0.2, 0.25) is 0 Å². The summed E-state index contributed by atoms with van der Waals surface area (Å²) in [5.74, 6) is -0.0172. The van der Waals surface area contributed by atoms with E-state index in [1.165, 1.54) is 31.6 Å². The quantitative estimate of drug-likeness (QED) is 0.417. The number of carbonyl (C=O) groups is 3. The summed E-state index contributed by atoms with van der Waals surface area (Å²) in [4.78, 5) is 38.2. The van der Waals surface area contributed by atoms with Crippen LogP contribution in [0.1, 0.15) is 46.6 Å². The van der Waals surface area contributed by atoms with E-state index >= 15 is 0 Å². The molecule has 1 heterocycles. The standard InChI is InChI=1S/C25H29NO7S/c1-5-32-25(29)23-17-9-6-15(2)12-20(17)34-24(23)26-21(27)14-33-22(28)11-8-16-7-10-18(30-3)19(13-16)31-4/h7-8,10-11,13,15H,5-6,9,12,14H2,1-4H3,(H,26,27). The summed E-state index contributed by atoms with van der Waals surface area (Å²) in [5.41, 5.74) is 2.07. The van der Waals surface area contributed by atoms with Crippen LogP contribution in [0.25, 0.3) is 6.08 Å². The number of methoxy groups -OCH3 is 2. The molecule has 1 aromatic carbocycles. The van der Waals surface area contributed by atoms with Crippen LogP contribution in [0.3, 0.4) is 0 Å². The van der Waals surface area contributed by atoms with Crippen molar-refractivity contribution in [3.8, 4) is 11.5 Å². The minimum Gasteiger partial charge on any atom is -0.493 e. The summed E-state index contributed by atoms with van der Waals surface area (Å²) in [6.45, 7) is 3.68. The van der Waals surface area contributed by atoms with Gasteiger partial charge in [-0.3, -0.25) is 4.79 Å². The van der Waals surface area contributed by atoms with E-state index in [-0.39, 0.29) is 6.61 Å². The third kappa shape index (κ3) is 6.17. The minimum atomic E-state index is -0.671. The molecular weight excluding hydrogens is 458 g/mol. The topological polar surface area (TPSA) is 100 Å². The summed E-state index contributed by atoms with van der Waals surface area (Å²) in [6, 6.07) is 5.19. The lowest BCUT2D eigenvalue weighted by atomic mass is 9.88. The van der Waals surface area contributed by atoms with E-state index in [0.717, 1.165) is 29.7 Å². The number of hydrogen-bond acceptors (Lipinski definition) is 8. The monoisotopic (exact) mass is 487 g/mol. The Kier molecular flexibility index (Phi) is 8.70. The molecule has 1 N–H and O–H groups in total. The van der Waals surface area contributed by atoms with Crippen molar-refractivity contribution >= 4 is 40.3 Å². The average Bonchev–Trinajstić information content (AvgIpc) is 3.17. The predicted molar refractivity (Wildman–Crippen MR) is 130 cm³/mol. The fourth-order valence-corrected chi connectivity index (χ4v) is 5.14. The molecule has 0 spiro atoms. The Morgan fingerprint density at radius 2 is 1.91 bits per heavy atom. The molecule has 0 fully saturated rings. The van der Waals surface area contributed by atoms with E-state index in [1.807, 2.05) is 0 Å². The Morgan fingerprint density at radius 1 is 1.15 bits per heavy atom. The number of rotatable bonds is 9. The summed E-state index contributed by atoms with van der Waals surface area (Å²) < 4.78 is 20.7. The van der Waals surface area contributed by atoms with Crippen LogP contribution >= 0.6 is 11.3 Å². The molecular formula is C25H29NO7S. The molecule has 1 atom stereocenters. The SMILES string of the molecule is CCOC(=O)c1c(NC(=O)COC(=O)C=Cc2ccc(OC)c(OC)c2)sc2c1CCC(C)C2. The number of benzene rings is 1.